The molecule has 1 fully saturated rings. The molecule has 1 aliphatic heterocycles. The van der Waals surface area contributed by atoms with Gasteiger partial charge in [-0.15, -0.1) is 10.2 Å². The average Bonchev–Trinajstić information content (AvgIpc) is 3.22. The minimum atomic E-state index is -0.578. The van der Waals surface area contributed by atoms with Crippen LogP contribution in [0.25, 0.3) is 11.5 Å². The van der Waals surface area contributed by atoms with E-state index in [9.17, 15) is 9.59 Å². The van der Waals surface area contributed by atoms with Crippen molar-refractivity contribution in [2.45, 2.75) is 23.8 Å². The number of nitrogens with zero attached hydrogens (tertiary/aromatic N) is 4. The van der Waals surface area contributed by atoms with E-state index in [4.69, 9.17) is 4.42 Å². The molecule has 26 heavy (non-hydrogen) atoms. The summed E-state index contributed by atoms with van der Waals surface area (Å²) >= 11 is 1.11. The molecule has 0 aliphatic carbocycles. The number of hydrogen-bond acceptors (Lipinski definition) is 7. The fraction of sp³-hybridized carbons (Fsp3) is 0.167. The average molecular weight is 366 g/mol. The van der Waals surface area contributed by atoms with Crippen LogP contribution in [0.4, 0.5) is 5.69 Å². The standard InChI is InChI=1S/C18H14N4O3S/c1-11-4-6-13(7-5-11)22-15(23)9-14(17(22)24)26-18-21-20-16(25-18)12-3-2-8-19-10-12/h2-8,10,14H,9H2,1H3. The fourth-order valence-corrected chi connectivity index (χ4v) is 3.54. The number of benzene rings is 1. The van der Waals surface area contributed by atoms with Gasteiger partial charge in [-0.25, -0.2) is 4.90 Å². The minimum absolute atomic E-state index is 0.0992. The van der Waals surface area contributed by atoms with E-state index in [-0.39, 0.29) is 23.5 Å². The van der Waals surface area contributed by atoms with Gasteiger partial charge in [-0.05, 0) is 31.2 Å². The number of imide groups is 1. The van der Waals surface area contributed by atoms with E-state index in [0.29, 0.717) is 17.1 Å². The van der Waals surface area contributed by atoms with Gasteiger partial charge in [0.25, 0.3) is 5.22 Å². The summed E-state index contributed by atoms with van der Waals surface area (Å²) in [4.78, 5) is 30.2. The van der Waals surface area contributed by atoms with Crippen molar-refractivity contribution in [3.05, 3.63) is 54.4 Å². The molecule has 2 amide bonds. The number of amides is 2. The molecule has 1 saturated heterocycles. The molecule has 1 aliphatic rings. The molecule has 1 unspecified atom stereocenters. The highest BCUT2D eigenvalue weighted by atomic mass is 32.2. The van der Waals surface area contributed by atoms with E-state index in [2.05, 4.69) is 15.2 Å². The van der Waals surface area contributed by atoms with E-state index >= 15 is 0 Å². The number of thioether (sulfide) groups is 1. The Morgan fingerprint density at radius 2 is 1.96 bits per heavy atom. The van der Waals surface area contributed by atoms with Crippen molar-refractivity contribution in [3.63, 3.8) is 0 Å². The monoisotopic (exact) mass is 366 g/mol. The van der Waals surface area contributed by atoms with Gasteiger partial charge in [0.1, 0.15) is 5.25 Å². The van der Waals surface area contributed by atoms with Crippen LogP contribution >= 0.6 is 11.8 Å². The molecule has 8 heteroatoms. The molecule has 7 nitrogen and oxygen atoms in total. The van der Waals surface area contributed by atoms with Crippen molar-refractivity contribution < 1.29 is 14.0 Å². The summed E-state index contributed by atoms with van der Waals surface area (Å²) in [6.45, 7) is 1.95. The molecule has 0 bridgehead atoms. The van der Waals surface area contributed by atoms with Crippen molar-refractivity contribution in [1.29, 1.82) is 0 Å². The summed E-state index contributed by atoms with van der Waals surface area (Å²) in [6.07, 6.45) is 3.37. The van der Waals surface area contributed by atoms with Crippen LogP contribution in [0.5, 0.6) is 0 Å². The van der Waals surface area contributed by atoms with E-state index in [1.165, 1.54) is 4.90 Å². The lowest BCUT2D eigenvalue weighted by Crippen LogP contribution is -2.31. The third-order valence-electron chi connectivity index (χ3n) is 3.96. The first-order valence-corrected chi connectivity index (χ1v) is 8.84. The largest absolute Gasteiger partial charge is 0.411 e. The van der Waals surface area contributed by atoms with Crippen molar-refractivity contribution in [3.8, 4) is 11.5 Å². The van der Waals surface area contributed by atoms with Crippen LogP contribution in [0.1, 0.15) is 12.0 Å². The number of aromatic nitrogens is 3. The highest BCUT2D eigenvalue weighted by molar-refractivity contribution is 8.00. The zero-order valence-corrected chi connectivity index (χ0v) is 14.6. The molecule has 0 spiro atoms. The third-order valence-corrected chi connectivity index (χ3v) is 4.97. The van der Waals surface area contributed by atoms with Crippen molar-refractivity contribution in [1.82, 2.24) is 15.2 Å². The Labute approximate surface area is 153 Å². The Hall–Kier alpha value is -3.00. The van der Waals surface area contributed by atoms with Crippen molar-refractivity contribution in [2.75, 3.05) is 4.90 Å². The van der Waals surface area contributed by atoms with Crippen molar-refractivity contribution in [2.24, 2.45) is 0 Å². The Kier molecular flexibility index (Phi) is 4.26. The van der Waals surface area contributed by atoms with Crippen LogP contribution in [-0.2, 0) is 9.59 Å². The Morgan fingerprint density at radius 3 is 2.69 bits per heavy atom. The molecule has 1 aromatic carbocycles. The smallest absolute Gasteiger partial charge is 0.277 e. The van der Waals surface area contributed by atoms with Gasteiger partial charge in [0.2, 0.25) is 17.7 Å². The molecule has 3 aromatic rings. The molecular formula is C18H14N4O3S. The van der Waals surface area contributed by atoms with Gasteiger partial charge in [0, 0.05) is 18.8 Å². The molecule has 4 rings (SSSR count). The van der Waals surface area contributed by atoms with E-state index in [1.807, 2.05) is 19.1 Å². The first-order valence-electron chi connectivity index (χ1n) is 7.96. The van der Waals surface area contributed by atoms with Crippen molar-refractivity contribution >= 4 is 29.3 Å². The molecule has 2 aromatic heterocycles. The second-order valence-electron chi connectivity index (χ2n) is 5.83. The lowest BCUT2D eigenvalue weighted by molar-refractivity contribution is -0.121. The molecular weight excluding hydrogens is 352 g/mol. The van der Waals surface area contributed by atoms with Gasteiger partial charge in [-0.3, -0.25) is 14.6 Å². The quantitative estimate of drug-likeness (QED) is 0.656. The summed E-state index contributed by atoms with van der Waals surface area (Å²) in [6, 6.07) is 10.9. The Balaban J connectivity index is 1.51. The Bertz CT molecular complexity index is 956. The second kappa shape index (κ2) is 6.72. The summed E-state index contributed by atoms with van der Waals surface area (Å²) in [5.74, 6) is -0.180. The summed E-state index contributed by atoms with van der Waals surface area (Å²) in [5.41, 5.74) is 2.34. The molecule has 0 saturated carbocycles. The van der Waals surface area contributed by atoms with E-state index in [1.54, 1.807) is 36.7 Å². The van der Waals surface area contributed by atoms with Crippen LogP contribution in [0.2, 0.25) is 0 Å². The molecule has 0 radical (unpaired) electrons. The number of carbonyl (C=O) groups is 2. The lowest BCUT2D eigenvalue weighted by atomic mass is 10.2. The summed E-state index contributed by atoms with van der Waals surface area (Å²) < 4.78 is 5.59. The predicted molar refractivity (Wildman–Crippen MR) is 95.5 cm³/mol. The Morgan fingerprint density at radius 1 is 1.15 bits per heavy atom. The van der Waals surface area contributed by atoms with Gasteiger partial charge < -0.3 is 4.42 Å². The normalized spacial score (nSPS) is 17.1. The number of hydrogen-bond donors (Lipinski definition) is 0. The van der Waals surface area contributed by atoms with Crippen LogP contribution in [-0.4, -0.2) is 32.2 Å². The van der Waals surface area contributed by atoms with Crippen LogP contribution in [0.15, 0.2) is 58.4 Å². The van der Waals surface area contributed by atoms with Gasteiger partial charge in [-0.2, -0.15) is 0 Å². The number of anilines is 1. The topological polar surface area (TPSA) is 89.2 Å². The minimum Gasteiger partial charge on any atom is -0.411 e. The van der Waals surface area contributed by atoms with Crippen LogP contribution in [0.3, 0.4) is 0 Å². The number of pyridine rings is 1. The second-order valence-corrected chi connectivity index (χ2v) is 6.98. The highest BCUT2D eigenvalue weighted by Crippen LogP contribution is 2.34. The van der Waals surface area contributed by atoms with Gasteiger partial charge in [0.05, 0.1) is 11.3 Å². The maximum absolute atomic E-state index is 12.7. The molecule has 3 heterocycles. The first-order chi connectivity index (χ1) is 12.6. The van der Waals surface area contributed by atoms with E-state index < -0.39 is 5.25 Å². The van der Waals surface area contributed by atoms with Crippen LogP contribution in [0, 0.1) is 6.92 Å². The summed E-state index contributed by atoms with van der Waals surface area (Å²) in [7, 11) is 0. The maximum atomic E-state index is 12.7. The predicted octanol–water partition coefficient (Wildman–Crippen LogP) is 2.86. The molecule has 1 atom stereocenters. The highest BCUT2D eigenvalue weighted by Gasteiger charge is 2.41. The van der Waals surface area contributed by atoms with Gasteiger partial charge in [-0.1, -0.05) is 29.5 Å². The fourth-order valence-electron chi connectivity index (χ4n) is 2.65. The van der Waals surface area contributed by atoms with Gasteiger partial charge >= 0.3 is 0 Å². The summed E-state index contributed by atoms with van der Waals surface area (Å²) in [5, 5.41) is 7.61. The van der Waals surface area contributed by atoms with Crippen LogP contribution < -0.4 is 4.90 Å². The number of aryl methyl sites for hydroxylation is 1. The zero-order valence-electron chi connectivity index (χ0n) is 13.8. The lowest BCUT2D eigenvalue weighted by Gasteiger charge is -2.14. The SMILES string of the molecule is Cc1ccc(N2C(=O)CC(Sc3nnc(-c4cccnc4)o3)C2=O)cc1. The number of carbonyl (C=O) groups excluding carboxylic acids is 2. The van der Waals surface area contributed by atoms with Gasteiger partial charge in [0.15, 0.2) is 0 Å². The first kappa shape index (κ1) is 16.5. The number of rotatable bonds is 4. The maximum Gasteiger partial charge on any atom is 0.277 e. The molecule has 0 N–H and O–H groups in total. The zero-order chi connectivity index (χ0) is 18.1. The van der Waals surface area contributed by atoms with E-state index in [0.717, 1.165) is 17.3 Å². The molecule has 130 valence electrons. The third kappa shape index (κ3) is 3.11.